The SMILES string of the molecule is CNOC(C)(C)C(C)(C)C(C)(C)C(C)(C)C. The Kier molecular flexibility index (Phi) is 4.28. The van der Waals surface area contributed by atoms with Gasteiger partial charge in [-0.3, -0.25) is 4.84 Å². The molecule has 0 aromatic rings. The first-order valence-electron chi connectivity index (χ1n) is 6.16. The molecule has 0 bridgehead atoms. The summed E-state index contributed by atoms with van der Waals surface area (Å²) in [5, 5.41) is 0. The van der Waals surface area contributed by atoms with Crippen molar-refractivity contribution < 1.29 is 4.84 Å². The van der Waals surface area contributed by atoms with Crippen LogP contribution < -0.4 is 5.48 Å². The third kappa shape index (κ3) is 2.43. The van der Waals surface area contributed by atoms with Crippen LogP contribution in [-0.2, 0) is 4.84 Å². The summed E-state index contributed by atoms with van der Waals surface area (Å²) in [6.45, 7) is 20.4. The van der Waals surface area contributed by atoms with Gasteiger partial charge in [0.1, 0.15) is 0 Å². The molecule has 0 saturated heterocycles. The highest BCUT2D eigenvalue weighted by atomic mass is 16.7. The summed E-state index contributed by atoms with van der Waals surface area (Å²) in [6, 6.07) is 0. The maximum Gasteiger partial charge on any atom is 0.0896 e. The molecule has 98 valence electrons. The van der Waals surface area contributed by atoms with Gasteiger partial charge in [0, 0.05) is 12.5 Å². The summed E-state index contributed by atoms with van der Waals surface area (Å²) in [6.07, 6.45) is 0. The van der Waals surface area contributed by atoms with E-state index >= 15 is 0 Å². The van der Waals surface area contributed by atoms with Crippen molar-refractivity contribution in [3.8, 4) is 0 Å². The lowest BCUT2D eigenvalue weighted by atomic mass is 9.51. The maximum atomic E-state index is 5.73. The monoisotopic (exact) mass is 229 g/mol. The molecule has 0 amide bonds. The number of rotatable bonds is 4. The normalized spacial score (nSPS) is 15.4. The third-order valence-corrected chi connectivity index (χ3v) is 5.30. The second-order valence-corrected chi connectivity index (χ2v) is 7.32. The summed E-state index contributed by atoms with van der Waals surface area (Å²) in [4.78, 5) is 5.73. The lowest BCUT2D eigenvalue weighted by Gasteiger charge is -2.57. The highest BCUT2D eigenvalue weighted by molar-refractivity contribution is 5.02. The smallest absolute Gasteiger partial charge is 0.0896 e. The Balaban J connectivity index is 5.34. The van der Waals surface area contributed by atoms with E-state index in [2.05, 4.69) is 67.8 Å². The molecule has 0 unspecified atom stereocenters. The zero-order chi connectivity index (χ0) is 13.4. The van der Waals surface area contributed by atoms with Crippen LogP contribution in [0.25, 0.3) is 0 Å². The summed E-state index contributed by atoms with van der Waals surface area (Å²) >= 11 is 0. The van der Waals surface area contributed by atoms with E-state index < -0.39 is 0 Å². The maximum absolute atomic E-state index is 5.73. The molecule has 0 aromatic heterocycles. The molecule has 2 heteroatoms. The molecule has 2 nitrogen and oxygen atoms in total. The number of hydrogen-bond acceptors (Lipinski definition) is 2. The zero-order valence-corrected chi connectivity index (χ0v) is 12.9. The molecule has 0 aliphatic rings. The number of hydroxylamine groups is 1. The summed E-state index contributed by atoms with van der Waals surface area (Å²) in [7, 11) is 1.82. The van der Waals surface area contributed by atoms with Gasteiger partial charge >= 0.3 is 0 Å². The van der Waals surface area contributed by atoms with E-state index in [1.165, 1.54) is 0 Å². The van der Waals surface area contributed by atoms with Crippen molar-refractivity contribution in [2.45, 2.75) is 67.9 Å². The van der Waals surface area contributed by atoms with Gasteiger partial charge in [-0.1, -0.05) is 48.5 Å². The highest BCUT2D eigenvalue weighted by Crippen LogP contribution is 2.56. The van der Waals surface area contributed by atoms with Crippen LogP contribution in [0, 0.1) is 16.2 Å². The van der Waals surface area contributed by atoms with Crippen LogP contribution in [0.1, 0.15) is 62.3 Å². The minimum absolute atomic E-state index is 0.0429. The van der Waals surface area contributed by atoms with Crippen molar-refractivity contribution in [3.63, 3.8) is 0 Å². The van der Waals surface area contributed by atoms with E-state index in [1.54, 1.807) is 0 Å². The van der Waals surface area contributed by atoms with Crippen molar-refractivity contribution in [2.75, 3.05) is 7.05 Å². The Morgan fingerprint density at radius 3 is 1.31 bits per heavy atom. The Bertz CT molecular complexity index is 234. The Morgan fingerprint density at radius 2 is 1.06 bits per heavy atom. The van der Waals surface area contributed by atoms with Crippen LogP contribution in [0.3, 0.4) is 0 Å². The minimum atomic E-state index is -0.224. The fourth-order valence-corrected chi connectivity index (χ4v) is 2.07. The summed E-state index contributed by atoms with van der Waals surface area (Å²) in [5.41, 5.74) is 3.04. The van der Waals surface area contributed by atoms with E-state index in [9.17, 15) is 0 Å². The van der Waals surface area contributed by atoms with Crippen molar-refractivity contribution in [1.29, 1.82) is 0 Å². The minimum Gasteiger partial charge on any atom is -0.295 e. The predicted molar refractivity (Wildman–Crippen MR) is 71.2 cm³/mol. The Labute approximate surface area is 102 Å². The standard InChI is InChI=1S/C14H31NO/c1-11(2,3)12(4,5)13(6,7)14(8,9)16-15-10/h15H,1-10H3. The molecule has 0 spiro atoms. The first-order valence-corrected chi connectivity index (χ1v) is 6.16. The first kappa shape index (κ1) is 15.9. The predicted octanol–water partition coefficient (Wildman–Crippen LogP) is 4.01. The molecular weight excluding hydrogens is 198 g/mol. The summed E-state index contributed by atoms with van der Waals surface area (Å²) in [5.74, 6) is 0. The molecule has 0 aromatic carbocycles. The van der Waals surface area contributed by atoms with Gasteiger partial charge in [0.05, 0.1) is 5.60 Å². The number of hydrogen-bond donors (Lipinski definition) is 1. The molecule has 16 heavy (non-hydrogen) atoms. The highest BCUT2D eigenvalue weighted by Gasteiger charge is 2.53. The van der Waals surface area contributed by atoms with E-state index in [4.69, 9.17) is 4.84 Å². The van der Waals surface area contributed by atoms with Crippen LogP contribution in [0.4, 0.5) is 0 Å². The van der Waals surface area contributed by atoms with Gasteiger partial charge in [0.2, 0.25) is 0 Å². The molecule has 0 saturated carbocycles. The molecule has 0 fully saturated rings. The third-order valence-electron chi connectivity index (χ3n) is 5.30. The van der Waals surface area contributed by atoms with Crippen LogP contribution in [-0.4, -0.2) is 12.6 Å². The fourth-order valence-electron chi connectivity index (χ4n) is 2.07. The lowest BCUT2D eigenvalue weighted by molar-refractivity contribution is -0.197. The van der Waals surface area contributed by atoms with Crippen molar-refractivity contribution in [3.05, 3.63) is 0 Å². The summed E-state index contributed by atoms with van der Waals surface area (Å²) < 4.78 is 0. The largest absolute Gasteiger partial charge is 0.295 e. The zero-order valence-electron chi connectivity index (χ0n) is 12.9. The van der Waals surface area contributed by atoms with Gasteiger partial charge < -0.3 is 0 Å². The molecule has 0 atom stereocenters. The molecular formula is C14H31NO. The Morgan fingerprint density at radius 1 is 0.688 bits per heavy atom. The second kappa shape index (κ2) is 4.30. The van der Waals surface area contributed by atoms with Crippen molar-refractivity contribution >= 4 is 0 Å². The quantitative estimate of drug-likeness (QED) is 0.735. The van der Waals surface area contributed by atoms with Gasteiger partial charge in [-0.05, 0) is 24.7 Å². The molecule has 0 aliphatic heterocycles. The van der Waals surface area contributed by atoms with E-state index in [0.717, 1.165) is 0 Å². The second-order valence-electron chi connectivity index (χ2n) is 7.32. The van der Waals surface area contributed by atoms with Gasteiger partial charge in [0.25, 0.3) is 0 Å². The van der Waals surface area contributed by atoms with Crippen molar-refractivity contribution in [2.24, 2.45) is 16.2 Å². The fraction of sp³-hybridized carbons (Fsp3) is 1.00. The van der Waals surface area contributed by atoms with E-state index in [-0.39, 0.29) is 21.8 Å². The average Bonchev–Trinajstić information content (AvgIpc) is 2.01. The van der Waals surface area contributed by atoms with Crippen LogP contribution >= 0.6 is 0 Å². The first-order chi connectivity index (χ1) is 6.81. The topological polar surface area (TPSA) is 21.3 Å². The van der Waals surface area contributed by atoms with Crippen LogP contribution in [0.2, 0.25) is 0 Å². The molecule has 0 aliphatic carbocycles. The van der Waals surface area contributed by atoms with E-state index in [0.29, 0.717) is 0 Å². The van der Waals surface area contributed by atoms with Gasteiger partial charge in [-0.25, -0.2) is 5.48 Å². The molecule has 0 radical (unpaired) electrons. The molecule has 1 N–H and O–H groups in total. The van der Waals surface area contributed by atoms with E-state index in [1.807, 2.05) is 7.05 Å². The number of nitrogens with one attached hydrogen (secondary N) is 1. The Hall–Kier alpha value is -0.0800. The van der Waals surface area contributed by atoms with Gasteiger partial charge in [-0.15, -0.1) is 0 Å². The average molecular weight is 229 g/mol. The van der Waals surface area contributed by atoms with Gasteiger partial charge in [-0.2, -0.15) is 0 Å². The van der Waals surface area contributed by atoms with Gasteiger partial charge in [0.15, 0.2) is 0 Å². The molecule has 0 rings (SSSR count). The van der Waals surface area contributed by atoms with Crippen LogP contribution in [0.15, 0.2) is 0 Å². The molecule has 0 heterocycles. The van der Waals surface area contributed by atoms with Crippen LogP contribution in [0.5, 0.6) is 0 Å². The lowest BCUT2D eigenvalue weighted by Crippen LogP contribution is -2.56. The van der Waals surface area contributed by atoms with Crippen molar-refractivity contribution in [1.82, 2.24) is 5.48 Å².